The molecule has 0 radical (unpaired) electrons. The number of aryl methyl sites for hydroxylation is 2. The van der Waals surface area contributed by atoms with Crippen molar-refractivity contribution in [3.63, 3.8) is 0 Å². The number of halogens is 5. The zero-order chi connectivity index (χ0) is 32.7. The number of alkyl halides is 4. The summed E-state index contributed by atoms with van der Waals surface area (Å²) in [6.45, 7) is 3.09. The van der Waals surface area contributed by atoms with Crippen molar-refractivity contribution in [1.29, 1.82) is 0 Å². The van der Waals surface area contributed by atoms with Gasteiger partial charge in [-0.3, -0.25) is 0 Å². The minimum absolute atomic E-state index is 0.0230. The van der Waals surface area contributed by atoms with Crippen LogP contribution in [0.25, 0.3) is 39.2 Å². The van der Waals surface area contributed by atoms with E-state index in [1.54, 1.807) is 12.1 Å². The molecule has 46 heavy (non-hydrogen) atoms. The Bertz CT molecular complexity index is 1920. The summed E-state index contributed by atoms with van der Waals surface area (Å²) in [7, 11) is 1.28. The van der Waals surface area contributed by atoms with Crippen molar-refractivity contribution in [2.75, 3.05) is 18.3 Å². The third-order valence-electron chi connectivity index (χ3n) is 8.24. The molecule has 0 unspecified atom stereocenters. The zero-order valence-corrected chi connectivity index (χ0v) is 27.3. The lowest BCUT2D eigenvalue weighted by Crippen LogP contribution is -2.41. The van der Waals surface area contributed by atoms with Crippen molar-refractivity contribution >= 4 is 39.6 Å². The van der Waals surface area contributed by atoms with Crippen molar-refractivity contribution in [1.82, 2.24) is 29.2 Å². The van der Waals surface area contributed by atoms with E-state index < -0.39 is 24.8 Å². The molecule has 4 heterocycles. The van der Waals surface area contributed by atoms with Crippen molar-refractivity contribution in [2.45, 2.75) is 46.0 Å². The lowest BCUT2D eigenvalue weighted by atomic mass is 9.84. The quantitative estimate of drug-likeness (QED) is 0.0739. The number of aromatic nitrogens is 5. The first-order valence-corrected chi connectivity index (χ1v) is 16.1. The van der Waals surface area contributed by atoms with Gasteiger partial charge in [-0.15, -0.1) is 0 Å². The second kappa shape index (κ2) is 12.6. The summed E-state index contributed by atoms with van der Waals surface area (Å²) in [6.07, 6.45) is 0.222. The molecule has 0 saturated heterocycles. The van der Waals surface area contributed by atoms with Crippen LogP contribution in [0.2, 0.25) is 0 Å². The lowest BCUT2D eigenvalue weighted by Gasteiger charge is -2.29. The standard InChI is InChI=1S/C32H29F4IN6O3/c1-4-18-8-6-9-19(5-2)23(18)24-20-10-15-42(31(44)46-17-37)28(20)29(45-3)26(33)25(24)27-21-16-41(32(34,35)36)14-11-22(21)40-43(27)30-38-12-7-13-39-30/h6-10,12-13,15H,4-5,11,14,16-17H2,1-3H3. The summed E-state index contributed by atoms with van der Waals surface area (Å²) in [6, 6.07) is 9.07. The molecule has 0 fully saturated rings. The molecule has 1 aliphatic heterocycles. The molecular weight excluding hydrogens is 719 g/mol. The topological polar surface area (TPSA) is 87.3 Å². The number of carbonyl (C=O) groups is 1. The number of carbonyl (C=O) groups excluding carboxylic acids is 1. The Balaban J connectivity index is 1.82. The molecule has 240 valence electrons. The number of hydrogen-bond donors (Lipinski definition) is 0. The van der Waals surface area contributed by atoms with Crippen LogP contribution in [-0.4, -0.2) is 59.9 Å². The molecule has 0 bridgehead atoms. The number of benzene rings is 2. The van der Waals surface area contributed by atoms with Crippen molar-refractivity contribution in [2.24, 2.45) is 0 Å². The van der Waals surface area contributed by atoms with Crippen LogP contribution in [0.1, 0.15) is 36.2 Å². The predicted octanol–water partition coefficient (Wildman–Crippen LogP) is 7.48. The first-order valence-electron chi connectivity index (χ1n) is 14.6. The van der Waals surface area contributed by atoms with Gasteiger partial charge in [-0.05, 0) is 64.3 Å². The third kappa shape index (κ3) is 5.30. The van der Waals surface area contributed by atoms with Crippen molar-refractivity contribution < 1.29 is 31.8 Å². The Morgan fingerprint density at radius 3 is 2.33 bits per heavy atom. The van der Waals surface area contributed by atoms with Gasteiger partial charge in [0.15, 0.2) is 11.6 Å². The first-order chi connectivity index (χ1) is 22.1. The maximum atomic E-state index is 17.5. The third-order valence-corrected chi connectivity index (χ3v) is 8.55. The molecule has 6 rings (SSSR count). The Labute approximate surface area is 275 Å². The Morgan fingerprint density at radius 1 is 1.02 bits per heavy atom. The highest BCUT2D eigenvalue weighted by Gasteiger charge is 2.42. The zero-order valence-electron chi connectivity index (χ0n) is 25.2. The van der Waals surface area contributed by atoms with Gasteiger partial charge < -0.3 is 9.47 Å². The largest absolute Gasteiger partial charge is 0.492 e. The Morgan fingerprint density at radius 2 is 1.72 bits per heavy atom. The number of rotatable bonds is 7. The maximum absolute atomic E-state index is 17.5. The molecule has 5 aromatic rings. The molecular formula is C32H29F4IN6O3. The smallest absolute Gasteiger partial charge is 0.460 e. The molecule has 0 amide bonds. The van der Waals surface area contributed by atoms with Crippen LogP contribution in [0, 0.1) is 5.82 Å². The van der Waals surface area contributed by atoms with Crippen LogP contribution < -0.4 is 4.74 Å². The van der Waals surface area contributed by atoms with Gasteiger partial charge in [0.05, 0.1) is 18.5 Å². The predicted molar refractivity (Wildman–Crippen MR) is 172 cm³/mol. The lowest BCUT2D eigenvalue weighted by molar-refractivity contribution is -0.250. The fourth-order valence-electron chi connectivity index (χ4n) is 6.22. The minimum Gasteiger partial charge on any atom is -0.492 e. The highest BCUT2D eigenvalue weighted by molar-refractivity contribution is 14.1. The number of nitrogens with zero attached hydrogens (tertiary/aromatic N) is 6. The van der Waals surface area contributed by atoms with Gasteiger partial charge >= 0.3 is 12.4 Å². The molecule has 14 heteroatoms. The molecule has 0 spiro atoms. The highest BCUT2D eigenvalue weighted by atomic mass is 127. The molecule has 9 nitrogen and oxygen atoms in total. The summed E-state index contributed by atoms with van der Waals surface area (Å²) >= 11 is 1.89. The monoisotopic (exact) mass is 748 g/mol. The Kier molecular flexibility index (Phi) is 8.76. The van der Waals surface area contributed by atoms with Crippen molar-refractivity contribution in [3.8, 4) is 34.1 Å². The molecule has 2 aromatic carbocycles. The molecule has 1 aliphatic rings. The van der Waals surface area contributed by atoms with E-state index in [-0.39, 0.29) is 51.6 Å². The van der Waals surface area contributed by atoms with E-state index in [0.717, 1.165) is 11.1 Å². The van der Waals surface area contributed by atoms with E-state index in [1.165, 1.54) is 34.9 Å². The summed E-state index contributed by atoms with van der Waals surface area (Å²) in [5.74, 6) is -1.07. The van der Waals surface area contributed by atoms with Crippen molar-refractivity contribution in [3.05, 3.63) is 77.1 Å². The average molecular weight is 749 g/mol. The van der Waals surface area contributed by atoms with Crippen LogP contribution >= 0.6 is 22.6 Å². The minimum atomic E-state index is -4.62. The van der Waals surface area contributed by atoms with E-state index in [2.05, 4.69) is 15.1 Å². The maximum Gasteiger partial charge on any atom is 0.460 e. The van der Waals surface area contributed by atoms with Gasteiger partial charge in [0.2, 0.25) is 0 Å². The van der Waals surface area contributed by atoms with Gasteiger partial charge in [-0.2, -0.15) is 23.0 Å². The molecule has 3 aromatic heterocycles. The summed E-state index contributed by atoms with van der Waals surface area (Å²) in [4.78, 5) is 22.1. The van der Waals surface area contributed by atoms with Gasteiger partial charge in [0.25, 0.3) is 5.95 Å². The van der Waals surface area contributed by atoms with Crippen LogP contribution in [0.15, 0.2) is 48.9 Å². The fraction of sp³-hybridized carbons (Fsp3) is 0.312. The average Bonchev–Trinajstić information content (AvgIpc) is 3.66. The second-order valence-corrected chi connectivity index (χ2v) is 11.2. The number of ether oxygens (including phenoxy) is 2. The van der Waals surface area contributed by atoms with Gasteiger partial charge in [0, 0.05) is 60.2 Å². The molecule has 0 N–H and O–H groups in total. The summed E-state index contributed by atoms with van der Waals surface area (Å²) in [5.41, 5.74) is 3.67. The normalized spacial score (nSPS) is 13.7. The fourth-order valence-corrected chi connectivity index (χ4v) is 6.49. The van der Waals surface area contributed by atoms with Crippen LogP contribution in [0.3, 0.4) is 0 Å². The molecule has 0 atom stereocenters. The molecule has 0 saturated carbocycles. The second-order valence-electron chi connectivity index (χ2n) is 10.6. The number of fused-ring (bicyclic) bond motifs is 2. The highest BCUT2D eigenvalue weighted by Crippen LogP contribution is 2.50. The van der Waals surface area contributed by atoms with E-state index in [4.69, 9.17) is 9.47 Å². The van der Waals surface area contributed by atoms with Crippen LogP contribution in [-0.2, 0) is 30.5 Å². The van der Waals surface area contributed by atoms with E-state index in [9.17, 15) is 18.0 Å². The summed E-state index contributed by atoms with van der Waals surface area (Å²) in [5, 5.41) is 5.13. The molecule has 0 aliphatic carbocycles. The first kappa shape index (κ1) is 31.9. The van der Waals surface area contributed by atoms with Gasteiger partial charge in [0.1, 0.15) is 10.1 Å². The van der Waals surface area contributed by atoms with Crippen LogP contribution in [0.5, 0.6) is 5.75 Å². The van der Waals surface area contributed by atoms with Gasteiger partial charge in [-0.1, -0.05) is 32.0 Å². The number of hydrogen-bond acceptors (Lipinski definition) is 7. The van der Waals surface area contributed by atoms with E-state index >= 15 is 4.39 Å². The SMILES string of the molecule is CCc1cccc(CC)c1-c1c(-c2c3c(nn2-c2ncccn2)CCN(C(F)(F)F)C3)c(F)c(OC)c2c1ccn2C(=O)OCI. The Hall–Kier alpha value is -4.05. The number of methoxy groups -OCH3 is 1. The summed E-state index contributed by atoms with van der Waals surface area (Å²) < 4.78 is 73.3. The van der Waals surface area contributed by atoms with E-state index in [1.807, 2.05) is 54.6 Å². The van der Waals surface area contributed by atoms with E-state index in [0.29, 0.717) is 39.9 Å². The van der Waals surface area contributed by atoms with Gasteiger partial charge in [-0.25, -0.2) is 28.6 Å². The van der Waals surface area contributed by atoms with Crippen LogP contribution in [0.4, 0.5) is 22.4 Å².